The smallest absolute Gasteiger partial charge is 0.411 e. The highest BCUT2D eigenvalue weighted by Crippen LogP contribution is 2.33. The molecule has 3 aromatic carbocycles. The lowest BCUT2D eigenvalue weighted by Crippen LogP contribution is -2.45. The van der Waals surface area contributed by atoms with Crippen molar-refractivity contribution in [2.45, 2.75) is 78.4 Å². The van der Waals surface area contributed by atoms with Crippen LogP contribution in [0.2, 0.25) is 0 Å². The quantitative estimate of drug-likeness (QED) is 0.0420. The number of hydrogen-bond acceptors (Lipinski definition) is 11. The summed E-state index contributed by atoms with van der Waals surface area (Å²) in [4.78, 5) is 95.5. The molecule has 6 N–H and O–H groups in total. The van der Waals surface area contributed by atoms with E-state index in [2.05, 4.69) is 32.3 Å². The molecule has 0 fully saturated rings. The largest absolute Gasteiger partial charge is 0.444 e. The number of nitriles is 1. The number of urea groups is 1. The van der Waals surface area contributed by atoms with Crippen LogP contribution in [-0.2, 0) is 35.3 Å². The first-order valence-corrected chi connectivity index (χ1v) is 21.5. The zero-order valence-electron chi connectivity index (χ0n) is 37.0. The number of aryl methyl sites for hydroxylation is 1. The molecule has 4 aromatic rings. The fourth-order valence-corrected chi connectivity index (χ4v) is 7.31. The summed E-state index contributed by atoms with van der Waals surface area (Å²) in [5.41, 5.74) is 10.2. The van der Waals surface area contributed by atoms with E-state index in [4.69, 9.17) is 10.5 Å². The number of hydrogen-bond donors (Lipinski definition) is 5. The average Bonchev–Trinajstić information content (AvgIpc) is 3.61. The first-order chi connectivity index (χ1) is 31.1. The molecule has 0 unspecified atom stereocenters. The van der Waals surface area contributed by atoms with E-state index in [1.807, 2.05) is 61.3 Å². The van der Waals surface area contributed by atoms with Gasteiger partial charge in [0.15, 0.2) is 5.78 Å². The third kappa shape index (κ3) is 13.9. The maximum absolute atomic E-state index is 13.7. The van der Waals surface area contributed by atoms with Crippen molar-refractivity contribution in [3.63, 3.8) is 0 Å². The number of fused-ring (bicyclic) bond motifs is 1. The van der Waals surface area contributed by atoms with Crippen molar-refractivity contribution in [2.75, 3.05) is 35.7 Å². The summed E-state index contributed by atoms with van der Waals surface area (Å²) in [7, 11) is 1.87. The number of ether oxygens (including phenoxy) is 1. The van der Waals surface area contributed by atoms with Gasteiger partial charge in [-0.15, -0.1) is 0 Å². The molecule has 2 atom stereocenters. The Morgan fingerprint density at radius 3 is 2.32 bits per heavy atom. The Morgan fingerprint density at radius 2 is 1.63 bits per heavy atom. The van der Waals surface area contributed by atoms with Gasteiger partial charge in [-0.3, -0.25) is 34.2 Å². The van der Waals surface area contributed by atoms with Crippen molar-refractivity contribution < 1.29 is 38.3 Å². The fraction of sp³-hybridized carbons (Fsp3) is 0.354. The van der Waals surface area contributed by atoms with Crippen LogP contribution in [-0.4, -0.2) is 77.6 Å². The summed E-state index contributed by atoms with van der Waals surface area (Å²) < 4.78 is 5.53. The van der Waals surface area contributed by atoms with Gasteiger partial charge in [-0.25, -0.2) is 14.6 Å². The summed E-state index contributed by atoms with van der Waals surface area (Å²) in [6, 6.07) is 22.1. The highest BCUT2D eigenvalue weighted by molar-refractivity contribution is 6.12. The SMILES string of the molecule is Cc1ccc(N(C)c2cc(C#N)nc3ccccc23)cc1NC(=O)OCc1ccc(NC(=O)[C@H](CCCNC(N)=O)CC(=O)[C@@H](NC(=O)CCCCCN2C(=O)C=CC2=O)C(C)C)cc1. The number of carbonyl (C=O) groups is 7. The van der Waals surface area contributed by atoms with E-state index in [1.54, 1.807) is 44.2 Å². The standard InChI is InChI=1S/C48H55N9O8/c1-30(2)45(55-42(59)14-6-5-9-24-57-43(60)21-22-44(57)61)41(58)25-33(11-10-23-51-47(50)63)46(62)53-34-18-16-32(17-19-34)29-65-48(64)54-39-27-36(20-15-31(39)3)56(4)40-26-35(28-49)52-38-13-8-7-12-37(38)40/h7-8,12-13,15-22,26-27,30,33,45H,5-6,9-11,14,23-25,29H2,1-4H3,(H,53,62)(H,54,64)(H,55,59)(H3,50,51,63)/t33-,45+/m1/s1. The van der Waals surface area contributed by atoms with E-state index in [9.17, 15) is 38.8 Å². The lowest BCUT2D eigenvalue weighted by Gasteiger charge is -2.24. The number of rotatable bonds is 22. The zero-order chi connectivity index (χ0) is 47.0. The van der Waals surface area contributed by atoms with Crippen molar-refractivity contribution in [2.24, 2.45) is 17.6 Å². The molecule has 17 heteroatoms. The molecule has 0 aliphatic carbocycles. The maximum Gasteiger partial charge on any atom is 0.411 e. The molecule has 2 heterocycles. The number of nitrogens with one attached hydrogen (secondary N) is 4. The van der Waals surface area contributed by atoms with Crippen LogP contribution in [0.3, 0.4) is 0 Å². The van der Waals surface area contributed by atoms with Gasteiger partial charge in [-0.2, -0.15) is 5.26 Å². The highest BCUT2D eigenvalue weighted by Gasteiger charge is 2.30. The third-order valence-corrected chi connectivity index (χ3v) is 11.0. The van der Waals surface area contributed by atoms with Crippen LogP contribution in [0.4, 0.5) is 32.3 Å². The number of aromatic nitrogens is 1. The number of nitrogens with two attached hydrogens (primary N) is 1. The van der Waals surface area contributed by atoms with E-state index >= 15 is 0 Å². The van der Waals surface area contributed by atoms with Crippen LogP contribution in [0.15, 0.2) is 84.9 Å². The normalized spacial score (nSPS) is 13.0. The van der Waals surface area contributed by atoms with E-state index in [0.29, 0.717) is 48.1 Å². The summed E-state index contributed by atoms with van der Waals surface area (Å²) in [6.07, 6.45) is 4.01. The Hall–Kier alpha value is -7.61. The number of anilines is 4. The molecule has 5 rings (SSSR count). The van der Waals surface area contributed by atoms with E-state index in [0.717, 1.165) is 27.2 Å². The number of para-hydroxylation sites is 1. The molecular formula is C48H55N9O8. The second kappa shape index (κ2) is 23.2. The minimum atomic E-state index is -0.843. The molecular weight excluding hydrogens is 831 g/mol. The first-order valence-electron chi connectivity index (χ1n) is 21.5. The van der Waals surface area contributed by atoms with Crippen LogP contribution >= 0.6 is 0 Å². The van der Waals surface area contributed by atoms with Crippen molar-refractivity contribution in [1.29, 1.82) is 5.26 Å². The number of amides is 7. The zero-order valence-corrected chi connectivity index (χ0v) is 37.0. The van der Waals surface area contributed by atoms with Gasteiger partial charge in [0, 0.05) is 73.5 Å². The molecule has 0 radical (unpaired) electrons. The van der Waals surface area contributed by atoms with Gasteiger partial charge in [0.05, 0.1) is 17.2 Å². The van der Waals surface area contributed by atoms with E-state index < -0.39 is 30.0 Å². The molecule has 0 saturated heterocycles. The Labute approximate surface area is 377 Å². The van der Waals surface area contributed by atoms with Crippen molar-refractivity contribution in [3.8, 4) is 6.07 Å². The van der Waals surface area contributed by atoms with Gasteiger partial charge in [0.2, 0.25) is 11.8 Å². The molecule has 7 amide bonds. The second-order valence-corrected chi connectivity index (χ2v) is 16.2. The van der Waals surface area contributed by atoms with Gasteiger partial charge < -0.3 is 31.3 Å². The molecule has 0 bridgehead atoms. The number of nitrogens with zero attached hydrogens (tertiary/aromatic N) is 4. The predicted octanol–water partition coefficient (Wildman–Crippen LogP) is 6.52. The minimum Gasteiger partial charge on any atom is -0.444 e. The molecule has 1 aromatic heterocycles. The number of ketones is 1. The summed E-state index contributed by atoms with van der Waals surface area (Å²) >= 11 is 0. The second-order valence-electron chi connectivity index (χ2n) is 16.2. The molecule has 17 nitrogen and oxygen atoms in total. The van der Waals surface area contributed by atoms with Gasteiger partial charge in [0.25, 0.3) is 11.8 Å². The monoisotopic (exact) mass is 885 g/mol. The lowest BCUT2D eigenvalue weighted by atomic mass is 9.89. The molecule has 65 heavy (non-hydrogen) atoms. The van der Waals surface area contributed by atoms with Crippen LogP contribution < -0.4 is 31.9 Å². The number of primary amides is 1. The summed E-state index contributed by atoms with van der Waals surface area (Å²) in [6.45, 7) is 5.87. The molecule has 0 saturated carbocycles. The van der Waals surface area contributed by atoms with Crippen molar-refractivity contribution in [3.05, 3.63) is 102 Å². The predicted molar refractivity (Wildman–Crippen MR) is 246 cm³/mol. The fourth-order valence-electron chi connectivity index (χ4n) is 7.31. The molecule has 1 aliphatic heterocycles. The summed E-state index contributed by atoms with van der Waals surface area (Å²) in [5, 5.41) is 21.4. The van der Waals surface area contributed by atoms with Gasteiger partial charge >= 0.3 is 12.1 Å². The van der Waals surface area contributed by atoms with E-state index in [1.165, 1.54) is 12.2 Å². The van der Waals surface area contributed by atoms with Crippen LogP contribution in [0.5, 0.6) is 0 Å². The topological polar surface area (TPSA) is 246 Å². The Kier molecular flexibility index (Phi) is 17.3. The molecule has 1 aliphatic rings. The number of Topliss-reactive ketones (excluding diaryl/α,β-unsaturated/α-hetero) is 1. The average molecular weight is 886 g/mol. The van der Waals surface area contributed by atoms with Gasteiger partial charge in [0.1, 0.15) is 18.4 Å². The van der Waals surface area contributed by atoms with E-state index in [-0.39, 0.29) is 74.1 Å². The van der Waals surface area contributed by atoms with Gasteiger partial charge in [-0.05, 0) is 86.1 Å². The summed E-state index contributed by atoms with van der Waals surface area (Å²) in [5.74, 6) is -2.82. The highest BCUT2D eigenvalue weighted by atomic mass is 16.5. The van der Waals surface area contributed by atoms with Crippen LogP contribution in [0.25, 0.3) is 10.9 Å². The maximum atomic E-state index is 13.7. The Balaban J connectivity index is 1.14. The number of carbonyl (C=O) groups excluding carboxylic acids is 7. The molecule has 0 spiro atoms. The van der Waals surface area contributed by atoms with Crippen molar-refractivity contribution in [1.82, 2.24) is 20.5 Å². The minimum absolute atomic E-state index is 0.0662. The van der Waals surface area contributed by atoms with Crippen LogP contribution in [0, 0.1) is 30.1 Å². The third-order valence-electron chi connectivity index (χ3n) is 11.0. The number of benzene rings is 3. The Morgan fingerprint density at radius 1 is 0.908 bits per heavy atom. The van der Waals surface area contributed by atoms with Crippen LogP contribution in [0.1, 0.15) is 75.6 Å². The number of imide groups is 1. The Bertz CT molecular complexity index is 2460. The van der Waals surface area contributed by atoms with Gasteiger partial charge in [-0.1, -0.05) is 56.7 Å². The van der Waals surface area contributed by atoms with Crippen molar-refractivity contribution >= 4 is 75.2 Å². The number of unbranched alkanes of at least 4 members (excludes halogenated alkanes) is 2. The first kappa shape index (κ1) is 48.4. The molecule has 340 valence electrons. The lowest BCUT2D eigenvalue weighted by molar-refractivity contribution is -0.137. The number of pyridine rings is 1.